The topological polar surface area (TPSA) is 29.5 Å². The standard InChI is InChI=1S/C25H29NO2S/c1-18(2)16-26(17-19(3)4)25(27)24-15-14-23(29-24)20-10-12-22(13-11-20)28-21-8-6-5-7-9-21/h5-15,18-19H,16-17H2,1-4H3. The lowest BCUT2D eigenvalue weighted by atomic mass is 10.1. The van der Waals surface area contributed by atoms with E-state index in [1.165, 1.54) is 0 Å². The Balaban J connectivity index is 1.72. The van der Waals surface area contributed by atoms with E-state index in [1.807, 2.05) is 71.6 Å². The summed E-state index contributed by atoms with van der Waals surface area (Å²) in [5.41, 5.74) is 1.09. The highest BCUT2D eigenvalue weighted by molar-refractivity contribution is 7.17. The molecule has 0 bridgehead atoms. The molecule has 1 heterocycles. The van der Waals surface area contributed by atoms with Gasteiger partial charge in [-0.3, -0.25) is 4.79 Å². The Hall–Kier alpha value is -2.59. The number of benzene rings is 2. The smallest absolute Gasteiger partial charge is 0.263 e. The molecule has 1 aromatic heterocycles. The lowest BCUT2D eigenvalue weighted by Gasteiger charge is -2.25. The van der Waals surface area contributed by atoms with Crippen LogP contribution in [-0.2, 0) is 0 Å². The lowest BCUT2D eigenvalue weighted by molar-refractivity contribution is 0.0720. The molecule has 2 aromatic carbocycles. The quantitative estimate of drug-likeness (QED) is 0.404. The minimum atomic E-state index is 0.132. The molecule has 0 saturated carbocycles. The Morgan fingerprint density at radius 3 is 2.00 bits per heavy atom. The Labute approximate surface area is 178 Å². The van der Waals surface area contributed by atoms with Crippen LogP contribution in [0.4, 0.5) is 0 Å². The predicted octanol–water partition coefficient (Wildman–Crippen LogP) is 6.96. The number of carbonyl (C=O) groups is 1. The first kappa shape index (κ1) is 21.1. The van der Waals surface area contributed by atoms with E-state index in [4.69, 9.17) is 4.74 Å². The number of rotatable bonds is 8. The zero-order valence-corrected chi connectivity index (χ0v) is 18.4. The van der Waals surface area contributed by atoms with Gasteiger partial charge in [-0.05, 0) is 65.9 Å². The van der Waals surface area contributed by atoms with Gasteiger partial charge in [0.2, 0.25) is 0 Å². The number of hydrogen-bond acceptors (Lipinski definition) is 3. The van der Waals surface area contributed by atoms with Gasteiger partial charge in [0.25, 0.3) is 5.91 Å². The summed E-state index contributed by atoms with van der Waals surface area (Å²) in [7, 11) is 0. The molecule has 0 unspecified atom stereocenters. The van der Waals surface area contributed by atoms with E-state index in [0.717, 1.165) is 39.9 Å². The van der Waals surface area contributed by atoms with Gasteiger partial charge in [0.1, 0.15) is 11.5 Å². The Bertz CT molecular complexity index is 904. The second-order valence-corrected chi connectivity index (χ2v) is 9.18. The van der Waals surface area contributed by atoms with Gasteiger partial charge in [-0.15, -0.1) is 11.3 Å². The fraction of sp³-hybridized carbons (Fsp3) is 0.320. The molecule has 3 aromatic rings. The summed E-state index contributed by atoms with van der Waals surface area (Å²) in [6.07, 6.45) is 0. The first-order chi connectivity index (χ1) is 13.9. The maximum absolute atomic E-state index is 13.0. The van der Waals surface area contributed by atoms with Crippen LogP contribution in [0.1, 0.15) is 37.4 Å². The SMILES string of the molecule is CC(C)CN(CC(C)C)C(=O)c1ccc(-c2ccc(Oc3ccccc3)cc2)s1. The summed E-state index contributed by atoms with van der Waals surface area (Å²) < 4.78 is 5.86. The third kappa shape index (κ3) is 5.94. The first-order valence-corrected chi connectivity index (χ1v) is 11.0. The maximum Gasteiger partial charge on any atom is 0.263 e. The van der Waals surface area contributed by atoms with E-state index < -0.39 is 0 Å². The van der Waals surface area contributed by atoms with Crippen LogP contribution in [0.5, 0.6) is 11.5 Å². The summed E-state index contributed by atoms with van der Waals surface area (Å²) in [6, 6.07) is 21.7. The highest BCUT2D eigenvalue weighted by Crippen LogP contribution is 2.31. The van der Waals surface area contributed by atoms with Gasteiger partial charge in [-0.2, -0.15) is 0 Å². The van der Waals surface area contributed by atoms with Crippen molar-refractivity contribution >= 4 is 17.2 Å². The van der Waals surface area contributed by atoms with E-state index in [1.54, 1.807) is 11.3 Å². The van der Waals surface area contributed by atoms with Gasteiger partial charge >= 0.3 is 0 Å². The van der Waals surface area contributed by atoms with E-state index in [9.17, 15) is 4.79 Å². The van der Waals surface area contributed by atoms with Crippen molar-refractivity contribution in [1.82, 2.24) is 4.90 Å². The largest absolute Gasteiger partial charge is 0.457 e. The molecule has 0 fully saturated rings. The highest BCUT2D eigenvalue weighted by Gasteiger charge is 2.20. The van der Waals surface area contributed by atoms with Crippen molar-refractivity contribution in [2.45, 2.75) is 27.7 Å². The van der Waals surface area contributed by atoms with Crippen LogP contribution in [0, 0.1) is 11.8 Å². The van der Waals surface area contributed by atoms with Crippen LogP contribution in [0.2, 0.25) is 0 Å². The minimum absolute atomic E-state index is 0.132. The molecule has 29 heavy (non-hydrogen) atoms. The van der Waals surface area contributed by atoms with Crippen molar-refractivity contribution in [3.05, 3.63) is 71.6 Å². The molecule has 0 aliphatic heterocycles. The van der Waals surface area contributed by atoms with Gasteiger partial charge in [0, 0.05) is 18.0 Å². The molecule has 152 valence electrons. The zero-order valence-electron chi connectivity index (χ0n) is 17.6. The van der Waals surface area contributed by atoms with Gasteiger partial charge in [0.15, 0.2) is 0 Å². The predicted molar refractivity (Wildman–Crippen MR) is 122 cm³/mol. The van der Waals surface area contributed by atoms with Crippen molar-refractivity contribution in [3.63, 3.8) is 0 Å². The summed E-state index contributed by atoms with van der Waals surface area (Å²) in [6.45, 7) is 10.2. The molecule has 0 spiro atoms. The summed E-state index contributed by atoms with van der Waals surface area (Å²) in [4.78, 5) is 16.9. The highest BCUT2D eigenvalue weighted by atomic mass is 32.1. The number of amides is 1. The van der Waals surface area contributed by atoms with Crippen LogP contribution in [0.3, 0.4) is 0 Å². The maximum atomic E-state index is 13.0. The molecule has 0 aliphatic carbocycles. The van der Waals surface area contributed by atoms with Crippen molar-refractivity contribution in [2.24, 2.45) is 11.8 Å². The average Bonchev–Trinajstić information content (AvgIpc) is 3.18. The van der Waals surface area contributed by atoms with Gasteiger partial charge in [-0.1, -0.05) is 45.9 Å². The molecule has 0 saturated heterocycles. The molecule has 1 amide bonds. The van der Waals surface area contributed by atoms with Gasteiger partial charge < -0.3 is 9.64 Å². The van der Waals surface area contributed by atoms with E-state index >= 15 is 0 Å². The van der Waals surface area contributed by atoms with Crippen molar-refractivity contribution in [3.8, 4) is 21.9 Å². The summed E-state index contributed by atoms with van der Waals surface area (Å²) in [5.74, 6) is 2.66. The molecular weight excluding hydrogens is 378 g/mol. The third-order valence-corrected chi connectivity index (χ3v) is 5.52. The molecular formula is C25H29NO2S. The molecule has 0 radical (unpaired) electrons. The Morgan fingerprint density at radius 1 is 0.828 bits per heavy atom. The minimum Gasteiger partial charge on any atom is -0.457 e. The normalized spacial score (nSPS) is 11.1. The van der Waals surface area contributed by atoms with Gasteiger partial charge in [-0.25, -0.2) is 0 Å². The summed E-state index contributed by atoms with van der Waals surface area (Å²) >= 11 is 1.55. The van der Waals surface area contributed by atoms with Crippen LogP contribution < -0.4 is 4.74 Å². The van der Waals surface area contributed by atoms with Crippen LogP contribution in [-0.4, -0.2) is 23.9 Å². The van der Waals surface area contributed by atoms with Crippen LogP contribution in [0.15, 0.2) is 66.7 Å². The van der Waals surface area contributed by atoms with E-state index in [0.29, 0.717) is 11.8 Å². The molecule has 0 aliphatic rings. The number of carbonyl (C=O) groups excluding carboxylic acids is 1. The fourth-order valence-corrected chi connectivity index (χ4v) is 4.18. The summed E-state index contributed by atoms with van der Waals surface area (Å²) in [5, 5.41) is 0. The average molecular weight is 408 g/mol. The molecule has 3 rings (SSSR count). The second-order valence-electron chi connectivity index (χ2n) is 8.10. The number of para-hydroxylation sites is 1. The number of hydrogen-bond donors (Lipinski definition) is 0. The number of nitrogens with zero attached hydrogens (tertiary/aromatic N) is 1. The van der Waals surface area contributed by atoms with E-state index in [2.05, 4.69) is 27.7 Å². The Kier molecular flexibility index (Phi) is 7.10. The van der Waals surface area contributed by atoms with Crippen molar-refractivity contribution in [2.75, 3.05) is 13.1 Å². The monoisotopic (exact) mass is 407 g/mol. The second kappa shape index (κ2) is 9.75. The molecule has 0 atom stereocenters. The third-order valence-electron chi connectivity index (χ3n) is 4.39. The fourth-order valence-electron chi connectivity index (χ4n) is 3.20. The van der Waals surface area contributed by atoms with Crippen LogP contribution >= 0.6 is 11.3 Å². The first-order valence-electron chi connectivity index (χ1n) is 10.1. The molecule has 3 nitrogen and oxygen atoms in total. The van der Waals surface area contributed by atoms with E-state index in [-0.39, 0.29) is 5.91 Å². The van der Waals surface area contributed by atoms with Crippen molar-refractivity contribution < 1.29 is 9.53 Å². The van der Waals surface area contributed by atoms with Gasteiger partial charge in [0.05, 0.1) is 4.88 Å². The van der Waals surface area contributed by atoms with Crippen molar-refractivity contribution in [1.29, 1.82) is 0 Å². The number of ether oxygens (including phenoxy) is 1. The Morgan fingerprint density at radius 2 is 1.41 bits per heavy atom. The lowest BCUT2D eigenvalue weighted by Crippen LogP contribution is -2.36. The number of thiophene rings is 1. The zero-order chi connectivity index (χ0) is 20.8. The molecule has 0 N–H and O–H groups in total. The molecule has 4 heteroatoms. The van der Waals surface area contributed by atoms with Crippen LogP contribution in [0.25, 0.3) is 10.4 Å².